The van der Waals surface area contributed by atoms with Crippen LogP contribution in [0, 0.1) is 0 Å². The largest absolute Gasteiger partial charge is 0.479 e. The summed E-state index contributed by atoms with van der Waals surface area (Å²) in [5.74, 6) is -1.38. The van der Waals surface area contributed by atoms with E-state index < -0.39 is 12.1 Å². The predicted molar refractivity (Wildman–Crippen MR) is 54.1 cm³/mol. The molecule has 0 unspecified atom stereocenters. The Morgan fingerprint density at radius 2 is 1.64 bits per heavy atom. The van der Waals surface area contributed by atoms with Gasteiger partial charge in [-0.2, -0.15) is 0 Å². The van der Waals surface area contributed by atoms with Crippen LogP contribution < -0.4 is 0 Å². The molecule has 0 aromatic heterocycles. The highest BCUT2D eigenvalue weighted by molar-refractivity contribution is 6.48. The predicted octanol–water partition coefficient (Wildman–Crippen LogP) is 2.76. The zero-order valence-electron chi connectivity index (χ0n) is 6.67. The minimum Gasteiger partial charge on any atom is -0.479 e. The quantitative estimate of drug-likeness (QED) is 0.799. The molecule has 1 rings (SSSR count). The molecule has 0 aliphatic carbocycles. The van der Waals surface area contributed by atoms with Crippen molar-refractivity contribution in [3.05, 3.63) is 32.8 Å². The Labute approximate surface area is 94.8 Å². The SMILES string of the molecule is O=C(O)[C@H](O)c1cc(Cl)c(Cl)c(Cl)c1. The molecule has 76 valence electrons. The lowest BCUT2D eigenvalue weighted by molar-refractivity contribution is -0.146. The van der Waals surface area contributed by atoms with Gasteiger partial charge in [-0.05, 0) is 17.7 Å². The van der Waals surface area contributed by atoms with Gasteiger partial charge in [0.1, 0.15) is 0 Å². The number of rotatable bonds is 2. The van der Waals surface area contributed by atoms with Gasteiger partial charge in [-0.3, -0.25) is 0 Å². The van der Waals surface area contributed by atoms with Crippen LogP contribution >= 0.6 is 34.8 Å². The number of aliphatic hydroxyl groups is 1. The second-order valence-corrected chi connectivity index (χ2v) is 3.73. The third-order valence-electron chi connectivity index (χ3n) is 1.56. The fraction of sp³-hybridized carbons (Fsp3) is 0.125. The van der Waals surface area contributed by atoms with E-state index in [1.807, 2.05) is 0 Å². The molecule has 1 atom stereocenters. The molecule has 2 N–H and O–H groups in total. The minimum atomic E-state index is -1.65. The lowest BCUT2D eigenvalue weighted by Crippen LogP contribution is -2.10. The first-order valence-corrected chi connectivity index (χ1v) is 4.62. The normalized spacial score (nSPS) is 12.6. The lowest BCUT2D eigenvalue weighted by Gasteiger charge is -2.08. The van der Waals surface area contributed by atoms with E-state index >= 15 is 0 Å². The molecular weight excluding hydrogens is 250 g/mol. The zero-order valence-corrected chi connectivity index (χ0v) is 8.94. The Morgan fingerprint density at radius 1 is 1.21 bits per heavy atom. The standard InChI is InChI=1S/C8H5Cl3O3/c9-4-1-3(7(12)8(13)14)2-5(10)6(4)11/h1-2,7,12H,(H,13,14)/t7-/m1/s1. The zero-order chi connectivity index (χ0) is 10.9. The van der Waals surface area contributed by atoms with E-state index in [0.29, 0.717) is 0 Å². The van der Waals surface area contributed by atoms with Gasteiger partial charge in [-0.1, -0.05) is 34.8 Å². The summed E-state index contributed by atoms with van der Waals surface area (Å²) in [6.45, 7) is 0. The number of carbonyl (C=O) groups is 1. The summed E-state index contributed by atoms with van der Waals surface area (Å²) in [6.07, 6.45) is -1.65. The third-order valence-corrected chi connectivity index (χ3v) is 2.75. The van der Waals surface area contributed by atoms with E-state index in [4.69, 9.17) is 39.9 Å². The average Bonchev–Trinajstić information content (AvgIpc) is 2.12. The maximum Gasteiger partial charge on any atom is 0.337 e. The topological polar surface area (TPSA) is 57.5 Å². The molecule has 0 bridgehead atoms. The molecule has 0 fully saturated rings. The van der Waals surface area contributed by atoms with Crippen LogP contribution in [0.2, 0.25) is 15.1 Å². The van der Waals surface area contributed by atoms with Gasteiger partial charge < -0.3 is 10.2 Å². The summed E-state index contributed by atoms with van der Waals surface area (Å²) < 4.78 is 0. The summed E-state index contributed by atoms with van der Waals surface area (Å²) in [7, 11) is 0. The number of hydrogen-bond acceptors (Lipinski definition) is 2. The minimum absolute atomic E-state index is 0.0944. The van der Waals surface area contributed by atoms with Gasteiger partial charge in [0.05, 0.1) is 15.1 Å². The highest BCUT2D eigenvalue weighted by Crippen LogP contribution is 2.33. The van der Waals surface area contributed by atoms with Gasteiger partial charge in [0.15, 0.2) is 6.10 Å². The van der Waals surface area contributed by atoms with E-state index in [9.17, 15) is 9.90 Å². The van der Waals surface area contributed by atoms with Crippen molar-refractivity contribution in [1.82, 2.24) is 0 Å². The molecule has 3 nitrogen and oxygen atoms in total. The first-order chi connectivity index (χ1) is 6.43. The molecule has 0 saturated carbocycles. The number of aliphatic carboxylic acids is 1. The highest BCUT2D eigenvalue weighted by Gasteiger charge is 2.18. The van der Waals surface area contributed by atoms with Crippen LogP contribution in [-0.4, -0.2) is 16.2 Å². The van der Waals surface area contributed by atoms with E-state index in [2.05, 4.69) is 0 Å². The summed E-state index contributed by atoms with van der Waals surface area (Å²) >= 11 is 16.9. The fourth-order valence-electron chi connectivity index (χ4n) is 0.876. The Kier molecular flexibility index (Phi) is 3.61. The van der Waals surface area contributed by atoms with Crippen LogP contribution in [0.5, 0.6) is 0 Å². The van der Waals surface area contributed by atoms with Crippen molar-refractivity contribution in [1.29, 1.82) is 0 Å². The molecule has 0 aliphatic heterocycles. The van der Waals surface area contributed by atoms with Crippen LogP contribution in [0.3, 0.4) is 0 Å². The van der Waals surface area contributed by atoms with E-state index in [1.165, 1.54) is 12.1 Å². The van der Waals surface area contributed by atoms with Gasteiger partial charge in [0.25, 0.3) is 0 Å². The van der Waals surface area contributed by atoms with E-state index in [-0.39, 0.29) is 20.6 Å². The molecule has 0 saturated heterocycles. The van der Waals surface area contributed by atoms with Gasteiger partial charge in [0, 0.05) is 0 Å². The van der Waals surface area contributed by atoms with Crippen molar-refractivity contribution < 1.29 is 15.0 Å². The van der Waals surface area contributed by atoms with Crippen LogP contribution in [0.15, 0.2) is 12.1 Å². The molecule has 6 heteroatoms. The summed E-state index contributed by atoms with van der Waals surface area (Å²) in [6, 6.07) is 2.52. The van der Waals surface area contributed by atoms with Gasteiger partial charge in [-0.25, -0.2) is 4.79 Å². The number of carboxylic acids is 1. The maximum atomic E-state index is 10.4. The van der Waals surface area contributed by atoms with Crippen LogP contribution in [0.4, 0.5) is 0 Å². The molecule has 0 radical (unpaired) electrons. The molecule has 1 aromatic carbocycles. The van der Waals surface area contributed by atoms with Gasteiger partial charge in [-0.15, -0.1) is 0 Å². The molecule has 0 spiro atoms. The molecule has 14 heavy (non-hydrogen) atoms. The molecular formula is C8H5Cl3O3. The first kappa shape index (κ1) is 11.6. The van der Waals surface area contributed by atoms with Crippen LogP contribution in [-0.2, 0) is 4.79 Å². The number of halogens is 3. The van der Waals surface area contributed by atoms with Gasteiger partial charge in [0.2, 0.25) is 0 Å². The lowest BCUT2D eigenvalue weighted by atomic mass is 10.1. The highest BCUT2D eigenvalue weighted by atomic mass is 35.5. The molecule has 0 amide bonds. The van der Waals surface area contributed by atoms with E-state index in [0.717, 1.165) is 0 Å². The second kappa shape index (κ2) is 4.36. The fourth-order valence-corrected chi connectivity index (χ4v) is 1.49. The molecule has 0 aliphatic rings. The third kappa shape index (κ3) is 2.30. The van der Waals surface area contributed by atoms with Crippen molar-refractivity contribution in [3.63, 3.8) is 0 Å². The van der Waals surface area contributed by atoms with Crippen LogP contribution in [0.25, 0.3) is 0 Å². The smallest absolute Gasteiger partial charge is 0.337 e. The van der Waals surface area contributed by atoms with Gasteiger partial charge >= 0.3 is 5.97 Å². The van der Waals surface area contributed by atoms with Crippen molar-refractivity contribution in [2.45, 2.75) is 6.10 Å². The van der Waals surface area contributed by atoms with Crippen molar-refractivity contribution >= 4 is 40.8 Å². The molecule has 1 aromatic rings. The van der Waals surface area contributed by atoms with E-state index in [1.54, 1.807) is 0 Å². The number of benzene rings is 1. The Bertz CT molecular complexity index is 355. The number of aliphatic hydroxyl groups excluding tert-OH is 1. The summed E-state index contributed by atoms with van der Waals surface area (Å²) in [5, 5.41) is 18.0. The van der Waals surface area contributed by atoms with Crippen molar-refractivity contribution in [2.24, 2.45) is 0 Å². The van der Waals surface area contributed by atoms with Crippen LogP contribution in [0.1, 0.15) is 11.7 Å². The van der Waals surface area contributed by atoms with Crippen molar-refractivity contribution in [3.8, 4) is 0 Å². The first-order valence-electron chi connectivity index (χ1n) is 3.48. The average molecular weight is 255 g/mol. The molecule has 0 heterocycles. The Hall–Kier alpha value is -0.480. The monoisotopic (exact) mass is 254 g/mol. The maximum absolute atomic E-state index is 10.4. The summed E-state index contributed by atoms with van der Waals surface area (Å²) in [5.41, 5.74) is 0.0944. The number of carboxylic acid groups (broad SMARTS) is 1. The Morgan fingerprint density at radius 3 is 2.00 bits per heavy atom. The Balaban J connectivity index is 3.19. The van der Waals surface area contributed by atoms with Crippen molar-refractivity contribution in [2.75, 3.05) is 0 Å². The number of hydrogen-bond donors (Lipinski definition) is 2. The summed E-state index contributed by atoms with van der Waals surface area (Å²) in [4.78, 5) is 10.4. The second-order valence-electron chi connectivity index (χ2n) is 2.54.